The minimum Gasteiger partial charge on any atom is -0.393 e. The van der Waals surface area contributed by atoms with Crippen molar-refractivity contribution in [2.45, 2.75) is 18.9 Å². The van der Waals surface area contributed by atoms with Gasteiger partial charge in [-0.3, -0.25) is 0 Å². The Bertz CT molecular complexity index is 113. The first kappa shape index (κ1) is 5.69. The summed E-state index contributed by atoms with van der Waals surface area (Å²) < 4.78 is 0. The van der Waals surface area contributed by atoms with Crippen molar-refractivity contribution in [2.75, 3.05) is 13.1 Å². The van der Waals surface area contributed by atoms with E-state index in [1.807, 2.05) is 0 Å². The van der Waals surface area contributed by atoms with Crippen molar-refractivity contribution < 1.29 is 5.11 Å². The summed E-state index contributed by atoms with van der Waals surface area (Å²) >= 11 is 0. The maximum Gasteiger partial charge on any atom is 0.0575 e. The molecule has 1 aliphatic carbocycles. The number of hydrogen-bond acceptors (Lipinski definition) is 2. The zero-order chi connectivity index (χ0) is 6.27. The molecule has 0 aromatic carbocycles. The Morgan fingerprint density at radius 2 is 2.33 bits per heavy atom. The number of nitrogens with one attached hydrogen (secondary N) is 1. The van der Waals surface area contributed by atoms with Gasteiger partial charge in [0.2, 0.25) is 0 Å². The van der Waals surface area contributed by atoms with Gasteiger partial charge in [-0.25, -0.2) is 0 Å². The molecule has 0 amide bonds. The summed E-state index contributed by atoms with van der Waals surface area (Å²) in [5, 5.41) is 12.5. The Hall–Kier alpha value is -0.0800. The van der Waals surface area contributed by atoms with E-state index in [1.54, 1.807) is 0 Å². The molecule has 2 nitrogen and oxygen atoms in total. The molecule has 1 saturated heterocycles. The minimum absolute atomic E-state index is 0.0390. The van der Waals surface area contributed by atoms with Crippen molar-refractivity contribution >= 4 is 0 Å². The molecule has 2 aliphatic rings. The second-order valence-electron chi connectivity index (χ2n) is 3.22. The summed E-state index contributed by atoms with van der Waals surface area (Å²) in [6.07, 6.45) is 2.26. The van der Waals surface area contributed by atoms with E-state index < -0.39 is 0 Å². The molecule has 1 aliphatic heterocycles. The Morgan fingerprint density at radius 1 is 1.44 bits per heavy atom. The lowest BCUT2D eigenvalue weighted by Crippen LogP contribution is -2.51. The number of rotatable bonds is 0. The molecule has 0 spiro atoms. The van der Waals surface area contributed by atoms with Gasteiger partial charge in [-0.2, -0.15) is 0 Å². The van der Waals surface area contributed by atoms with E-state index >= 15 is 0 Å². The van der Waals surface area contributed by atoms with E-state index in [9.17, 15) is 5.11 Å². The highest BCUT2D eigenvalue weighted by atomic mass is 16.3. The van der Waals surface area contributed by atoms with Crippen LogP contribution in [0.15, 0.2) is 0 Å². The van der Waals surface area contributed by atoms with Crippen LogP contribution in [0.5, 0.6) is 0 Å². The highest BCUT2D eigenvalue weighted by Crippen LogP contribution is 2.38. The van der Waals surface area contributed by atoms with Crippen LogP contribution in [0, 0.1) is 11.8 Å². The van der Waals surface area contributed by atoms with Gasteiger partial charge >= 0.3 is 0 Å². The molecule has 1 heterocycles. The van der Waals surface area contributed by atoms with Gasteiger partial charge in [-0.05, 0) is 37.8 Å². The molecule has 2 heteroatoms. The molecule has 2 rings (SSSR count). The molecule has 1 saturated carbocycles. The van der Waals surface area contributed by atoms with E-state index in [4.69, 9.17) is 0 Å². The zero-order valence-electron chi connectivity index (χ0n) is 5.51. The summed E-state index contributed by atoms with van der Waals surface area (Å²) in [6, 6.07) is 0. The molecule has 52 valence electrons. The van der Waals surface area contributed by atoms with Crippen LogP contribution in [0.1, 0.15) is 12.8 Å². The van der Waals surface area contributed by atoms with Crippen LogP contribution >= 0.6 is 0 Å². The van der Waals surface area contributed by atoms with Gasteiger partial charge in [0, 0.05) is 0 Å². The van der Waals surface area contributed by atoms with Crippen molar-refractivity contribution in [1.82, 2.24) is 5.32 Å². The van der Waals surface area contributed by atoms with E-state index in [2.05, 4.69) is 5.32 Å². The van der Waals surface area contributed by atoms with Gasteiger partial charge in [-0.15, -0.1) is 0 Å². The van der Waals surface area contributed by atoms with E-state index in [0.717, 1.165) is 25.4 Å². The molecular weight excluding hydrogens is 114 g/mol. The van der Waals surface area contributed by atoms with Crippen LogP contribution in [0.4, 0.5) is 0 Å². The highest BCUT2D eigenvalue weighted by Gasteiger charge is 2.40. The quantitative estimate of drug-likeness (QED) is 0.479. The normalized spacial score (nSPS) is 49.7. The monoisotopic (exact) mass is 127 g/mol. The summed E-state index contributed by atoms with van der Waals surface area (Å²) in [4.78, 5) is 0. The zero-order valence-corrected chi connectivity index (χ0v) is 5.51. The fourth-order valence-corrected chi connectivity index (χ4v) is 2.00. The third kappa shape index (κ3) is 0.775. The molecule has 2 N–H and O–H groups in total. The Balaban J connectivity index is 1.94. The average molecular weight is 127 g/mol. The highest BCUT2D eigenvalue weighted by molar-refractivity contribution is 4.93. The average Bonchev–Trinajstić information content (AvgIpc) is 1.86. The van der Waals surface area contributed by atoms with Gasteiger partial charge in [0.1, 0.15) is 0 Å². The molecular formula is C7H13NO. The molecule has 0 radical (unpaired) electrons. The largest absolute Gasteiger partial charge is 0.393 e. The summed E-state index contributed by atoms with van der Waals surface area (Å²) in [7, 11) is 0. The Kier molecular flexibility index (Phi) is 1.24. The van der Waals surface area contributed by atoms with Gasteiger partial charge in [0.25, 0.3) is 0 Å². The summed E-state index contributed by atoms with van der Waals surface area (Å²) in [6.45, 7) is 2.25. The molecule has 2 fully saturated rings. The lowest BCUT2D eigenvalue weighted by molar-refractivity contribution is -0.0484. The van der Waals surface area contributed by atoms with Crippen LogP contribution in [0.3, 0.4) is 0 Å². The van der Waals surface area contributed by atoms with Gasteiger partial charge < -0.3 is 10.4 Å². The molecule has 0 unspecified atom stereocenters. The topological polar surface area (TPSA) is 32.3 Å². The molecule has 3 atom stereocenters. The summed E-state index contributed by atoms with van der Waals surface area (Å²) in [5.74, 6) is 1.44. The third-order valence-electron chi connectivity index (χ3n) is 2.70. The van der Waals surface area contributed by atoms with E-state index in [-0.39, 0.29) is 6.10 Å². The summed E-state index contributed by atoms with van der Waals surface area (Å²) in [5.41, 5.74) is 0. The van der Waals surface area contributed by atoms with Crippen LogP contribution < -0.4 is 5.32 Å². The van der Waals surface area contributed by atoms with Crippen molar-refractivity contribution in [3.05, 3.63) is 0 Å². The maximum atomic E-state index is 9.22. The van der Waals surface area contributed by atoms with Gasteiger partial charge in [0.05, 0.1) is 6.10 Å². The predicted molar refractivity (Wildman–Crippen MR) is 35.1 cm³/mol. The third-order valence-corrected chi connectivity index (χ3v) is 2.70. The first-order valence-corrected chi connectivity index (χ1v) is 3.76. The molecule has 0 bridgehead atoms. The lowest BCUT2D eigenvalue weighted by atomic mass is 9.68. The SMILES string of the molecule is O[C@@H]1C[C@@H]2CNCC[C@@H]21. The lowest BCUT2D eigenvalue weighted by Gasteiger charge is -2.45. The standard InChI is InChI=1S/C7H13NO/c9-7-3-5-4-8-2-1-6(5)7/h5-9H,1-4H2/t5-,6+,7-/m1/s1. The second kappa shape index (κ2) is 1.96. The molecule has 0 aromatic rings. The Labute approximate surface area is 55.3 Å². The van der Waals surface area contributed by atoms with Crippen molar-refractivity contribution in [3.8, 4) is 0 Å². The molecule has 0 aromatic heterocycles. The van der Waals surface area contributed by atoms with Crippen molar-refractivity contribution in [1.29, 1.82) is 0 Å². The van der Waals surface area contributed by atoms with Gasteiger partial charge in [0.15, 0.2) is 0 Å². The second-order valence-corrected chi connectivity index (χ2v) is 3.22. The van der Waals surface area contributed by atoms with Crippen LogP contribution in [-0.4, -0.2) is 24.3 Å². The van der Waals surface area contributed by atoms with Gasteiger partial charge in [-0.1, -0.05) is 0 Å². The smallest absolute Gasteiger partial charge is 0.0575 e. The van der Waals surface area contributed by atoms with E-state index in [0.29, 0.717) is 5.92 Å². The predicted octanol–water partition coefficient (Wildman–Crippen LogP) is -0.0233. The fourth-order valence-electron chi connectivity index (χ4n) is 2.00. The first-order valence-electron chi connectivity index (χ1n) is 3.76. The van der Waals surface area contributed by atoms with Crippen LogP contribution in [0.2, 0.25) is 0 Å². The van der Waals surface area contributed by atoms with Crippen LogP contribution in [0.25, 0.3) is 0 Å². The van der Waals surface area contributed by atoms with Crippen molar-refractivity contribution in [3.63, 3.8) is 0 Å². The van der Waals surface area contributed by atoms with Crippen LogP contribution in [-0.2, 0) is 0 Å². The minimum atomic E-state index is 0.0390. The number of hydrogen-bond donors (Lipinski definition) is 2. The number of aliphatic hydroxyl groups excluding tert-OH is 1. The number of aliphatic hydroxyl groups is 1. The Morgan fingerprint density at radius 3 is 2.89 bits per heavy atom. The van der Waals surface area contributed by atoms with Crippen molar-refractivity contribution in [2.24, 2.45) is 11.8 Å². The number of fused-ring (bicyclic) bond motifs is 1. The fraction of sp³-hybridized carbons (Fsp3) is 1.00. The molecule has 9 heavy (non-hydrogen) atoms. The maximum absolute atomic E-state index is 9.22. The first-order chi connectivity index (χ1) is 4.38. The van der Waals surface area contributed by atoms with E-state index in [1.165, 1.54) is 6.42 Å². The number of piperidine rings is 1.